The van der Waals surface area contributed by atoms with Crippen LogP contribution in [0.4, 0.5) is 14.9 Å². The Kier molecular flexibility index (Phi) is 7.00. The summed E-state index contributed by atoms with van der Waals surface area (Å²) >= 11 is 0. The summed E-state index contributed by atoms with van der Waals surface area (Å²) in [5, 5.41) is 0. The highest BCUT2D eigenvalue weighted by molar-refractivity contribution is 6.14. The summed E-state index contributed by atoms with van der Waals surface area (Å²) in [5.74, 6) is -1.06. The lowest BCUT2D eigenvalue weighted by atomic mass is 10.0. The second-order valence-corrected chi connectivity index (χ2v) is 8.38. The van der Waals surface area contributed by atoms with Crippen LogP contribution in [0.3, 0.4) is 0 Å². The third kappa shape index (κ3) is 5.98. The molecule has 0 saturated carbocycles. The van der Waals surface area contributed by atoms with Gasteiger partial charge < -0.3 is 10.5 Å². The number of benzene rings is 2. The zero-order chi connectivity index (χ0) is 23.3. The van der Waals surface area contributed by atoms with Crippen molar-refractivity contribution in [2.24, 2.45) is 5.73 Å². The first-order valence-electron chi connectivity index (χ1n) is 10.2. The van der Waals surface area contributed by atoms with Crippen molar-refractivity contribution < 1.29 is 18.7 Å². The highest BCUT2D eigenvalue weighted by atomic mass is 19.1. The molecule has 0 aliphatic rings. The zero-order valence-electron chi connectivity index (χ0n) is 18.3. The van der Waals surface area contributed by atoms with E-state index in [1.54, 1.807) is 69.6 Å². The lowest BCUT2D eigenvalue weighted by Gasteiger charge is -2.28. The number of pyridine rings is 1. The van der Waals surface area contributed by atoms with Gasteiger partial charge in [0.05, 0.1) is 11.7 Å². The van der Waals surface area contributed by atoms with Crippen molar-refractivity contribution in [2.75, 3.05) is 4.90 Å². The fraction of sp³-hybridized carbons (Fsp3) is 0.240. The van der Waals surface area contributed by atoms with Gasteiger partial charge in [-0.05, 0) is 80.3 Å². The van der Waals surface area contributed by atoms with E-state index in [1.807, 2.05) is 12.1 Å². The molecule has 32 heavy (non-hydrogen) atoms. The first-order valence-corrected chi connectivity index (χ1v) is 10.2. The number of halogens is 1. The second-order valence-electron chi connectivity index (χ2n) is 8.38. The molecule has 3 aromatic rings. The van der Waals surface area contributed by atoms with Gasteiger partial charge in [-0.1, -0.05) is 24.3 Å². The van der Waals surface area contributed by atoms with Gasteiger partial charge in [-0.15, -0.1) is 0 Å². The van der Waals surface area contributed by atoms with Crippen LogP contribution in [0.2, 0.25) is 0 Å². The molecule has 1 atom stereocenters. The van der Waals surface area contributed by atoms with Crippen LogP contribution in [0.15, 0.2) is 73.1 Å². The van der Waals surface area contributed by atoms with Crippen LogP contribution in [0.5, 0.6) is 0 Å². The number of nitrogens with two attached hydrogens (primary N) is 1. The van der Waals surface area contributed by atoms with Gasteiger partial charge in [0.25, 0.3) is 5.91 Å². The Morgan fingerprint density at radius 1 is 1.03 bits per heavy atom. The summed E-state index contributed by atoms with van der Waals surface area (Å²) in [7, 11) is 0. The van der Waals surface area contributed by atoms with E-state index in [0.29, 0.717) is 11.3 Å². The second kappa shape index (κ2) is 9.70. The maximum absolute atomic E-state index is 13.5. The van der Waals surface area contributed by atoms with Crippen molar-refractivity contribution in [3.8, 4) is 11.1 Å². The molecule has 0 fully saturated rings. The summed E-state index contributed by atoms with van der Waals surface area (Å²) in [5.41, 5.74) is 8.06. The molecule has 1 aromatic heterocycles. The van der Waals surface area contributed by atoms with Crippen molar-refractivity contribution >= 4 is 17.7 Å². The van der Waals surface area contributed by atoms with Gasteiger partial charge in [0.15, 0.2) is 0 Å². The molecule has 1 heterocycles. The number of rotatable bonds is 5. The lowest BCUT2D eigenvalue weighted by Crippen LogP contribution is -2.49. The molecule has 2 N–H and O–H groups in total. The number of hydrogen-bond acceptors (Lipinski definition) is 5. The quantitative estimate of drug-likeness (QED) is 0.626. The van der Waals surface area contributed by atoms with Crippen LogP contribution in [0.25, 0.3) is 11.1 Å². The van der Waals surface area contributed by atoms with Gasteiger partial charge >= 0.3 is 6.09 Å². The van der Waals surface area contributed by atoms with Crippen molar-refractivity contribution in [1.82, 2.24) is 4.98 Å². The molecule has 0 radical (unpaired) electrons. The molecule has 2 aromatic carbocycles. The summed E-state index contributed by atoms with van der Waals surface area (Å²) in [6.45, 7) is 5.15. The maximum Gasteiger partial charge on any atom is 0.421 e. The number of carbonyl (C=O) groups is 2. The molecule has 6 nitrogen and oxygen atoms in total. The molecule has 0 aliphatic carbocycles. The van der Waals surface area contributed by atoms with Crippen LogP contribution in [0, 0.1) is 5.82 Å². The molecule has 0 saturated heterocycles. The standard InChI is InChI=1S/C25H26FN3O3/c1-25(2,3)32-24(31)29(23(30)22(27)16-17-5-4-6-20(26)15-17)21-9-7-18(8-10-21)19-11-13-28-14-12-19/h4-15,22H,16,27H2,1-3H3/t22-/m1/s1. The van der Waals surface area contributed by atoms with Crippen molar-refractivity contribution in [3.05, 3.63) is 84.4 Å². The Balaban J connectivity index is 1.89. The highest BCUT2D eigenvalue weighted by Crippen LogP contribution is 2.25. The number of carbonyl (C=O) groups excluding carboxylic acids is 2. The summed E-state index contributed by atoms with van der Waals surface area (Å²) in [6, 6.07) is 15.4. The molecular formula is C25H26FN3O3. The van der Waals surface area contributed by atoms with E-state index in [4.69, 9.17) is 10.5 Å². The Bertz CT molecular complexity index is 1080. The van der Waals surface area contributed by atoms with E-state index in [1.165, 1.54) is 12.1 Å². The molecule has 0 spiro atoms. The van der Waals surface area contributed by atoms with E-state index in [0.717, 1.165) is 16.0 Å². The minimum Gasteiger partial charge on any atom is -0.443 e. The zero-order valence-corrected chi connectivity index (χ0v) is 18.3. The molecule has 2 amide bonds. The Hall–Kier alpha value is -3.58. The molecule has 7 heteroatoms. The first-order chi connectivity index (χ1) is 15.1. The molecule has 3 rings (SSSR count). The van der Waals surface area contributed by atoms with E-state index in [9.17, 15) is 14.0 Å². The van der Waals surface area contributed by atoms with Crippen LogP contribution >= 0.6 is 0 Å². The number of imide groups is 1. The number of aromatic nitrogens is 1. The molecule has 0 bridgehead atoms. The molecular weight excluding hydrogens is 409 g/mol. The maximum atomic E-state index is 13.5. The van der Waals surface area contributed by atoms with Crippen LogP contribution in [-0.2, 0) is 16.0 Å². The smallest absolute Gasteiger partial charge is 0.421 e. The number of nitrogens with zero attached hydrogens (tertiary/aromatic N) is 2. The van der Waals surface area contributed by atoms with Gasteiger partial charge in [0, 0.05) is 12.4 Å². The van der Waals surface area contributed by atoms with Gasteiger partial charge in [0.1, 0.15) is 11.4 Å². The molecule has 0 unspecified atom stereocenters. The van der Waals surface area contributed by atoms with Gasteiger partial charge in [-0.3, -0.25) is 9.78 Å². The number of hydrogen-bond donors (Lipinski definition) is 1. The average molecular weight is 435 g/mol. The van der Waals surface area contributed by atoms with Gasteiger partial charge in [-0.2, -0.15) is 0 Å². The van der Waals surface area contributed by atoms with Crippen LogP contribution < -0.4 is 10.6 Å². The van der Waals surface area contributed by atoms with Gasteiger partial charge in [0.2, 0.25) is 0 Å². The Labute approximate surface area is 186 Å². The molecule has 0 aliphatic heterocycles. The van der Waals surface area contributed by atoms with Crippen molar-refractivity contribution in [1.29, 1.82) is 0 Å². The fourth-order valence-electron chi connectivity index (χ4n) is 3.15. The van der Waals surface area contributed by atoms with E-state index in [2.05, 4.69) is 4.98 Å². The first kappa shape index (κ1) is 23.1. The number of amides is 2. The Morgan fingerprint density at radius 2 is 1.66 bits per heavy atom. The highest BCUT2D eigenvalue weighted by Gasteiger charge is 2.32. The predicted octanol–water partition coefficient (Wildman–Crippen LogP) is 4.73. The largest absolute Gasteiger partial charge is 0.443 e. The monoisotopic (exact) mass is 435 g/mol. The topological polar surface area (TPSA) is 85.5 Å². The SMILES string of the molecule is CC(C)(C)OC(=O)N(C(=O)[C@H](N)Cc1cccc(F)c1)c1ccc(-c2ccncc2)cc1. The summed E-state index contributed by atoms with van der Waals surface area (Å²) < 4.78 is 19.0. The summed E-state index contributed by atoms with van der Waals surface area (Å²) in [6.07, 6.45) is 2.62. The van der Waals surface area contributed by atoms with Crippen molar-refractivity contribution in [3.63, 3.8) is 0 Å². The number of ether oxygens (including phenoxy) is 1. The van der Waals surface area contributed by atoms with E-state index in [-0.39, 0.29) is 6.42 Å². The summed E-state index contributed by atoms with van der Waals surface area (Å²) in [4.78, 5) is 31.1. The number of anilines is 1. The fourth-order valence-corrected chi connectivity index (χ4v) is 3.15. The van der Waals surface area contributed by atoms with Crippen molar-refractivity contribution in [2.45, 2.75) is 38.8 Å². The molecule has 166 valence electrons. The lowest BCUT2D eigenvalue weighted by molar-refractivity contribution is -0.119. The minimum absolute atomic E-state index is 0.0744. The van der Waals surface area contributed by atoms with E-state index < -0.39 is 29.5 Å². The van der Waals surface area contributed by atoms with E-state index >= 15 is 0 Å². The minimum atomic E-state index is -1.07. The third-order valence-corrected chi connectivity index (χ3v) is 4.60. The van der Waals surface area contributed by atoms with Crippen LogP contribution in [-0.4, -0.2) is 28.6 Å². The normalized spacial score (nSPS) is 12.2. The third-order valence-electron chi connectivity index (χ3n) is 4.60. The Morgan fingerprint density at radius 3 is 2.25 bits per heavy atom. The predicted molar refractivity (Wildman–Crippen MR) is 121 cm³/mol. The average Bonchev–Trinajstić information content (AvgIpc) is 2.73. The van der Waals surface area contributed by atoms with Crippen LogP contribution in [0.1, 0.15) is 26.3 Å². The van der Waals surface area contributed by atoms with Gasteiger partial charge in [-0.25, -0.2) is 14.1 Å².